The highest BCUT2D eigenvalue weighted by molar-refractivity contribution is 6.33. The number of aromatic amines is 1. The van der Waals surface area contributed by atoms with Gasteiger partial charge < -0.3 is 40.2 Å². The molecule has 12 nitrogen and oxygen atoms in total. The van der Waals surface area contributed by atoms with Crippen molar-refractivity contribution in [2.45, 2.75) is 102 Å². The number of aryl methyl sites for hydroxylation is 1. The second-order valence-corrected chi connectivity index (χ2v) is 16.6. The van der Waals surface area contributed by atoms with Crippen LogP contribution in [0.2, 0.25) is 5.02 Å². The van der Waals surface area contributed by atoms with Gasteiger partial charge in [-0.1, -0.05) is 86.3 Å². The summed E-state index contributed by atoms with van der Waals surface area (Å²) in [6.07, 6.45) is 8.64. The van der Waals surface area contributed by atoms with Gasteiger partial charge in [-0.05, 0) is 99.5 Å². The highest BCUT2D eigenvalue weighted by atomic mass is 35.5. The van der Waals surface area contributed by atoms with Gasteiger partial charge in [0.15, 0.2) is 0 Å². The normalized spacial score (nSPS) is 15.6. The number of nitrogens with zero attached hydrogens (tertiary/aromatic N) is 1. The summed E-state index contributed by atoms with van der Waals surface area (Å²) in [5, 5.41) is 31.2. The van der Waals surface area contributed by atoms with Gasteiger partial charge in [0.1, 0.15) is 17.6 Å². The molecule has 4 aromatic carbocycles. The van der Waals surface area contributed by atoms with E-state index in [0.717, 1.165) is 54.5 Å². The van der Waals surface area contributed by atoms with Crippen LogP contribution >= 0.6 is 11.6 Å². The van der Waals surface area contributed by atoms with Gasteiger partial charge in [-0.25, -0.2) is 4.79 Å². The van der Waals surface area contributed by atoms with Crippen LogP contribution in [0.1, 0.15) is 93.9 Å². The van der Waals surface area contributed by atoms with Crippen molar-refractivity contribution in [1.82, 2.24) is 15.2 Å². The number of amides is 2. The molecule has 13 heteroatoms. The third-order valence-corrected chi connectivity index (χ3v) is 12.1. The van der Waals surface area contributed by atoms with E-state index in [2.05, 4.69) is 39.8 Å². The lowest BCUT2D eigenvalue weighted by Gasteiger charge is -2.34. The number of ether oxygens (including phenoxy) is 2. The maximum Gasteiger partial charge on any atom is 0.411 e. The minimum atomic E-state index is -0.942. The molecule has 5 aromatic rings. The first-order valence-electron chi connectivity index (χ1n) is 21.8. The average Bonchev–Trinajstić information content (AvgIpc) is 3.26. The molecule has 1 atom stereocenters. The predicted octanol–water partition coefficient (Wildman–Crippen LogP) is 9.72. The lowest BCUT2D eigenvalue weighted by molar-refractivity contribution is -0.116. The van der Waals surface area contributed by atoms with E-state index < -0.39 is 12.2 Å². The maximum absolute atomic E-state index is 13.3. The Balaban J connectivity index is 1.00. The quantitative estimate of drug-likeness (QED) is 0.0418. The number of unbranched alkanes of at least 4 members (excludes halogenated alkanes) is 3. The van der Waals surface area contributed by atoms with Crippen LogP contribution in [-0.2, 0) is 22.5 Å². The number of methoxy groups -OCH3 is 1. The Hall–Kier alpha value is -5.40. The van der Waals surface area contributed by atoms with Crippen molar-refractivity contribution in [3.63, 3.8) is 0 Å². The Bertz CT molecular complexity index is 2330. The van der Waals surface area contributed by atoms with Crippen molar-refractivity contribution in [3.05, 3.63) is 117 Å². The monoisotopic (exact) mass is 865 g/mol. The van der Waals surface area contributed by atoms with E-state index in [-0.39, 0.29) is 41.8 Å². The Kier molecular flexibility index (Phi) is 16.8. The van der Waals surface area contributed by atoms with Crippen LogP contribution in [0.5, 0.6) is 11.5 Å². The van der Waals surface area contributed by atoms with Gasteiger partial charge in [0, 0.05) is 54.2 Å². The molecule has 1 aromatic heterocycles. The van der Waals surface area contributed by atoms with Crippen molar-refractivity contribution in [2.24, 2.45) is 0 Å². The summed E-state index contributed by atoms with van der Waals surface area (Å²) in [6, 6.07) is 25.8. The first-order chi connectivity index (χ1) is 30.0. The number of phenols is 1. The van der Waals surface area contributed by atoms with Gasteiger partial charge in [-0.2, -0.15) is 0 Å². The number of pyridine rings is 1. The first-order valence-corrected chi connectivity index (χ1v) is 22.2. The number of phenolic OH excluding ortho intramolecular Hbond substituents is 1. The molecule has 1 heterocycles. The van der Waals surface area contributed by atoms with E-state index in [4.69, 9.17) is 21.1 Å². The number of aliphatic hydroxyl groups excluding tert-OH is 1. The Morgan fingerprint density at radius 1 is 0.919 bits per heavy atom. The first kappa shape index (κ1) is 46.1. The van der Waals surface area contributed by atoms with Crippen LogP contribution in [0, 0.1) is 0 Å². The number of hydrogen-bond acceptors (Lipinski definition) is 9. The molecule has 1 aliphatic rings. The fourth-order valence-electron chi connectivity index (χ4n) is 8.27. The number of carbonyl (C=O) groups is 2. The molecule has 0 bridgehead atoms. The summed E-state index contributed by atoms with van der Waals surface area (Å²) in [6.45, 7) is 3.81. The van der Waals surface area contributed by atoms with Gasteiger partial charge >= 0.3 is 6.09 Å². The van der Waals surface area contributed by atoms with Crippen LogP contribution in [-0.4, -0.2) is 71.5 Å². The number of aromatic hydroxyl groups is 1. The zero-order valence-corrected chi connectivity index (χ0v) is 36.7. The van der Waals surface area contributed by atoms with Crippen molar-refractivity contribution >= 4 is 45.9 Å². The standard InChI is InChI=1S/C49H60ClN5O7/c1-4-5-6-10-26-55(2)35-17-19-36(20-18-35)62-49(60)53-41-27-32(16-21-37(41)33-13-8-7-9-14-33)12-11-15-46(58)52-42-29-45(61-3)34(28-40(42)50)30-51-31-44(57)38-22-24-43(56)48-39(38)23-25-47(59)54-48/h7-9,13-14,16,21-25,27-29,35-36,44,51,56-57H,4-6,10-12,15,17-20,26,30-31H2,1-3H3,(H,52,58)(H,53,60)(H,54,59)/t35?,36?,44-/m0/s1. The molecule has 6 rings (SSSR count). The number of benzene rings is 4. The number of aromatic nitrogens is 1. The van der Waals surface area contributed by atoms with Gasteiger partial charge in [0.05, 0.1) is 35.1 Å². The Labute approximate surface area is 369 Å². The van der Waals surface area contributed by atoms with Crippen molar-refractivity contribution in [3.8, 4) is 22.6 Å². The second-order valence-electron chi connectivity index (χ2n) is 16.2. The molecule has 0 aliphatic heterocycles. The SMILES string of the molecule is CCCCCCN(C)C1CCC(OC(=O)Nc2cc(CCCC(=O)Nc3cc(OC)c(CNC[C@H](O)c4ccc(O)c5[nH]c(=O)ccc45)cc3Cl)ccc2-c2ccccc2)CC1. The number of fused-ring (bicyclic) bond motifs is 1. The fourth-order valence-corrected chi connectivity index (χ4v) is 8.51. The minimum Gasteiger partial charge on any atom is -0.506 e. The van der Waals surface area contributed by atoms with E-state index in [9.17, 15) is 24.6 Å². The number of aliphatic hydroxyl groups is 1. The molecule has 6 N–H and O–H groups in total. The Morgan fingerprint density at radius 2 is 1.71 bits per heavy atom. The topological polar surface area (TPSA) is 165 Å². The number of anilines is 2. The van der Waals surface area contributed by atoms with E-state index in [0.29, 0.717) is 58.5 Å². The van der Waals surface area contributed by atoms with Gasteiger partial charge in [-0.15, -0.1) is 0 Å². The van der Waals surface area contributed by atoms with Crippen LogP contribution in [0.15, 0.2) is 89.7 Å². The number of rotatable bonds is 20. The zero-order valence-electron chi connectivity index (χ0n) is 36.0. The van der Waals surface area contributed by atoms with E-state index in [1.807, 2.05) is 48.5 Å². The molecule has 2 amide bonds. The summed E-state index contributed by atoms with van der Waals surface area (Å²) in [7, 11) is 3.75. The third kappa shape index (κ3) is 12.6. The lowest BCUT2D eigenvalue weighted by Crippen LogP contribution is -2.38. The smallest absolute Gasteiger partial charge is 0.411 e. The highest BCUT2D eigenvalue weighted by Crippen LogP contribution is 2.34. The largest absolute Gasteiger partial charge is 0.506 e. The van der Waals surface area contributed by atoms with Crippen LogP contribution in [0.3, 0.4) is 0 Å². The number of nitrogens with one attached hydrogen (secondary N) is 4. The summed E-state index contributed by atoms with van der Waals surface area (Å²) >= 11 is 6.65. The highest BCUT2D eigenvalue weighted by Gasteiger charge is 2.26. The molecule has 0 unspecified atom stereocenters. The molecular formula is C49H60ClN5O7. The van der Waals surface area contributed by atoms with E-state index in [1.54, 1.807) is 24.3 Å². The van der Waals surface area contributed by atoms with Gasteiger partial charge in [-0.3, -0.25) is 14.9 Å². The molecule has 62 heavy (non-hydrogen) atoms. The van der Waals surface area contributed by atoms with Crippen molar-refractivity contribution < 1.29 is 29.3 Å². The van der Waals surface area contributed by atoms with E-state index in [1.165, 1.54) is 44.9 Å². The number of carbonyl (C=O) groups excluding carboxylic acids is 2. The Morgan fingerprint density at radius 3 is 2.47 bits per heavy atom. The van der Waals surface area contributed by atoms with Crippen molar-refractivity contribution in [2.75, 3.05) is 37.9 Å². The predicted molar refractivity (Wildman–Crippen MR) is 247 cm³/mol. The molecule has 0 saturated heterocycles. The van der Waals surface area contributed by atoms with Crippen LogP contribution < -0.4 is 26.2 Å². The zero-order chi connectivity index (χ0) is 44.0. The van der Waals surface area contributed by atoms with Gasteiger partial charge in [0.2, 0.25) is 11.5 Å². The molecule has 1 aliphatic carbocycles. The maximum atomic E-state index is 13.3. The fraction of sp³-hybridized carbons (Fsp3) is 0.408. The summed E-state index contributed by atoms with van der Waals surface area (Å²) < 4.78 is 11.6. The van der Waals surface area contributed by atoms with Gasteiger partial charge in [0.25, 0.3) is 0 Å². The summed E-state index contributed by atoms with van der Waals surface area (Å²) in [4.78, 5) is 43.3. The summed E-state index contributed by atoms with van der Waals surface area (Å²) in [5.74, 6) is 0.221. The summed E-state index contributed by atoms with van der Waals surface area (Å²) in [5.41, 5.74) is 5.10. The minimum absolute atomic E-state index is 0.0804. The van der Waals surface area contributed by atoms with Crippen molar-refractivity contribution in [1.29, 1.82) is 0 Å². The third-order valence-electron chi connectivity index (χ3n) is 11.7. The molecule has 1 saturated carbocycles. The van der Waals surface area contributed by atoms with Crippen LogP contribution in [0.4, 0.5) is 16.2 Å². The number of hydrogen-bond donors (Lipinski definition) is 6. The van der Waals surface area contributed by atoms with Crippen LogP contribution in [0.25, 0.3) is 22.0 Å². The number of halogens is 1. The second kappa shape index (κ2) is 22.6. The molecular weight excluding hydrogens is 806 g/mol. The molecule has 330 valence electrons. The molecule has 1 fully saturated rings. The molecule has 0 radical (unpaired) electrons. The number of H-pyrrole nitrogens is 1. The average molecular weight is 867 g/mol. The van der Waals surface area contributed by atoms with E-state index >= 15 is 0 Å². The molecule has 0 spiro atoms. The lowest BCUT2D eigenvalue weighted by atomic mass is 9.92.